The summed E-state index contributed by atoms with van der Waals surface area (Å²) in [5, 5.41) is 12.8. The van der Waals surface area contributed by atoms with Crippen molar-refractivity contribution in [2.24, 2.45) is 5.41 Å². The summed E-state index contributed by atoms with van der Waals surface area (Å²) < 4.78 is 18.8. The van der Waals surface area contributed by atoms with Gasteiger partial charge in [0, 0.05) is 42.1 Å². The first-order valence-electron chi connectivity index (χ1n) is 7.82. The van der Waals surface area contributed by atoms with E-state index >= 15 is 0 Å². The number of hydrogen-bond acceptors (Lipinski definition) is 4. The Bertz CT molecular complexity index is 812. The SMILES string of the molecule is O=C(NCC1(CO)CCOCC1)c1cc(=O)[nH]c2ccc(F)cc12. The summed E-state index contributed by atoms with van der Waals surface area (Å²) in [7, 11) is 0. The van der Waals surface area contributed by atoms with E-state index in [1.165, 1.54) is 18.2 Å². The number of fused-ring (bicyclic) bond motifs is 1. The Morgan fingerprint density at radius 1 is 1.33 bits per heavy atom. The van der Waals surface area contributed by atoms with Gasteiger partial charge >= 0.3 is 0 Å². The van der Waals surface area contributed by atoms with Crippen LogP contribution in [0.4, 0.5) is 4.39 Å². The van der Waals surface area contributed by atoms with E-state index in [4.69, 9.17) is 4.74 Å². The Labute approximate surface area is 137 Å². The van der Waals surface area contributed by atoms with Crippen molar-refractivity contribution in [3.8, 4) is 0 Å². The summed E-state index contributed by atoms with van der Waals surface area (Å²) >= 11 is 0. The van der Waals surface area contributed by atoms with E-state index in [0.717, 1.165) is 6.07 Å². The second-order valence-electron chi connectivity index (χ2n) is 6.19. The zero-order chi connectivity index (χ0) is 17.2. The number of aliphatic hydroxyl groups excluding tert-OH is 1. The van der Waals surface area contributed by atoms with Gasteiger partial charge in [-0.2, -0.15) is 0 Å². The summed E-state index contributed by atoms with van der Waals surface area (Å²) in [5.74, 6) is -0.948. The lowest BCUT2D eigenvalue weighted by atomic mass is 9.81. The van der Waals surface area contributed by atoms with Gasteiger partial charge in [0.05, 0.1) is 12.2 Å². The maximum Gasteiger partial charge on any atom is 0.252 e. The van der Waals surface area contributed by atoms with Crippen molar-refractivity contribution in [3.63, 3.8) is 0 Å². The molecule has 0 radical (unpaired) electrons. The topological polar surface area (TPSA) is 91.4 Å². The van der Waals surface area contributed by atoms with Crippen LogP contribution in [0, 0.1) is 11.2 Å². The highest BCUT2D eigenvalue weighted by atomic mass is 19.1. The number of nitrogens with one attached hydrogen (secondary N) is 2. The minimum Gasteiger partial charge on any atom is -0.396 e. The van der Waals surface area contributed by atoms with Crippen molar-refractivity contribution in [2.75, 3.05) is 26.4 Å². The van der Waals surface area contributed by atoms with Gasteiger partial charge in [0.25, 0.3) is 5.91 Å². The number of rotatable bonds is 4. The number of aromatic amines is 1. The normalized spacial score (nSPS) is 16.9. The van der Waals surface area contributed by atoms with Gasteiger partial charge in [0.1, 0.15) is 5.82 Å². The number of carbonyl (C=O) groups excluding carboxylic acids is 1. The van der Waals surface area contributed by atoms with Crippen molar-refractivity contribution < 1.29 is 19.0 Å². The molecule has 128 valence electrons. The molecule has 1 aliphatic heterocycles. The molecule has 0 saturated carbocycles. The number of halogens is 1. The molecule has 1 amide bonds. The largest absolute Gasteiger partial charge is 0.396 e. The summed E-state index contributed by atoms with van der Waals surface area (Å²) in [4.78, 5) is 26.8. The van der Waals surface area contributed by atoms with E-state index in [9.17, 15) is 19.1 Å². The number of ether oxygens (including phenoxy) is 1. The lowest BCUT2D eigenvalue weighted by molar-refractivity contribution is -0.0146. The molecule has 1 saturated heterocycles. The van der Waals surface area contributed by atoms with Crippen LogP contribution in [0.25, 0.3) is 10.9 Å². The third-order valence-electron chi connectivity index (χ3n) is 4.56. The number of benzene rings is 1. The molecule has 0 atom stereocenters. The molecule has 1 aromatic heterocycles. The molecule has 2 aromatic rings. The number of aliphatic hydroxyl groups is 1. The molecule has 1 aromatic carbocycles. The molecular weight excluding hydrogens is 315 g/mol. The van der Waals surface area contributed by atoms with Crippen LogP contribution >= 0.6 is 0 Å². The molecule has 7 heteroatoms. The fraction of sp³-hybridized carbons (Fsp3) is 0.412. The van der Waals surface area contributed by atoms with Gasteiger partial charge in [-0.05, 0) is 31.0 Å². The minimum absolute atomic E-state index is 0.0542. The Morgan fingerprint density at radius 2 is 2.08 bits per heavy atom. The second kappa shape index (κ2) is 6.70. The molecule has 3 N–H and O–H groups in total. The van der Waals surface area contributed by atoms with Gasteiger partial charge in [-0.3, -0.25) is 9.59 Å². The average Bonchev–Trinajstić information content (AvgIpc) is 2.60. The van der Waals surface area contributed by atoms with Crippen molar-refractivity contribution in [1.29, 1.82) is 0 Å². The summed E-state index contributed by atoms with van der Waals surface area (Å²) in [6.07, 6.45) is 1.29. The van der Waals surface area contributed by atoms with Gasteiger partial charge in [0.2, 0.25) is 5.56 Å². The molecule has 1 aliphatic rings. The van der Waals surface area contributed by atoms with E-state index < -0.39 is 22.7 Å². The maximum atomic E-state index is 13.5. The smallest absolute Gasteiger partial charge is 0.252 e. The van der Waals surface area contributed by atoms with Gasteiger partial charge < -0.3 is 20.1 Å². The highest BCUT2D eigenvalue weighted by Crippen LogP contribution is 2.29. The van der Waals surface area contributed by atoms with Crippen molar-refractivity contribution in [3.05, 3.63) is 46.0 Å². The lowest BCUT2D eigenvalue weighted by Gasteiger charge is -2.35. The van der Waals surface area contributed by atoms with E-state index in [1.807, 2.05) is 0 Å². The molecule has 3 rings (SSSR count). The van der Waals surface area contributed by atoms with Crippen molar-refractivity contribution in [2.45, 2.75) is 12.8 Å². The van der Waals surface area contributed by atoms with Crippen LogP contribution in [0.1, 0.15) is 23.2 Å². The summed E-state index contributed by atoms with van der Waals surface area (Å²) in [6, 6.07) is 5.03. The van der Waals surface area contributed by atoms with Gasteiger partial charge in [-0.1, -0.05) is 0 Å². The number of aromatic nitrogens is 1. The van der Waals surface area contributed by atoms with E-state index in [-0.39, 0.29) is 18.7 Å². The third kappa shape index (κ3) is 3.32. The third-order valence-corrected chi connectivity index (χ3v) is 4.56. The van der Waals surface area contributed by atoms with E-state index in [1.54, 1.807) is 0 Å². The predicted molar refractivity (Wildman–Crippen MR) is 86.4 cm³/mol. The minimum atomic E-state index is -0.486. The van der Waals surface area contributed by atoms with Crippen LogP contribution in [0.3, 0.4) is 0 Å². The van der Waals surface area contributed by atoms with Crippen LogP contribution < -0.4 is 10.9 Å². The molecule has 0 spiro atoms. The first-order valence-corrected chi connectivity index (χ1v) is 7.82. The molecule has 1 fully saturated rings. The van der Waals surface area contributed by atoms with E-state index in [0.29, 0.717) is 37.0 Å². The summed E-state index contributed by atoms with van der Waals surface area (Å²) in [6.45, 7) is 1.29. The first kappa shape index (κ1) is 16.6. The molecular formula is C17H19FN2O4. The standard InChI is InChI=1S/C17H19FN2O4/c18-11-1-2-14-12(7-11)13(8-15(22)20-14)16(23)19-9-17(10-21)3-5-24-6-4-17/h1-2,7-8,21H,3-6,9-10H2,(H,19,23)(H,20,22). The molecule has 0 unspecified atom stereocenters. The van der Waals surface area contributed by atoms with Gasteiger partial charge in [-0.15, -0.1) is 0 Å². The Hall–Kier alpha value is -2.25. The second-order valence-corrected chi connectivity index (χ2v) is 6.19. The average molecular weight is 334 g/mol. The number of H-pyrrole nitrogens is 1. The van der Waals surface area contributed by atoms with Crippen molar-refractivity contribution in [1.82, 2.24) is 10.3 Å². The number of hydrogen-bond donors (Lipinski definition) is 3. The maximum absolute atomic E-state index is 13.5. The Morgan fingerprint density at radius 3 is 2.79 bits per heavy atom. The fourth-order valence-electron chi connectivity index (χ4n) is 2.97. The molecule has 0 bridgehead atoms. The van der Waals surface area contributed by atoms with E-state index in [2.05, 4.69) is 10.3 Å². The highest BCUT2D eigenvalue weighted by molar-refractivity contribution is 6.05. The van der Waals surface area contributed by atoms with Crippen LogP contribution in [0.5, 0.6) is 0 Å². The van der Waals surface area contributed by atoms with Crippen molar-refractivity contribution >= 4 is 16.8 Å². The zero-order valence-electron chi connectivity index (χ0n) is 13.1. The fourth-order valence-corrected chi connectivity index (χ4v) is 2.97. The molecule has 0 aliphatic carbocycles. The van der Waals surface area contributed by atoms with Crippen LogP contribution in [-0.2, 0) is 4.74 Å². The Kier molecular flexibility index (Phi) is 4.64. The van der Waals surface area contributed by atoms with Gasteiger partial charge in [-0.25, -0.2) is 4.39 Å². The van der Waals surface area contributed by atoms with Crippen LogP contribution in [-0.4, -0.2) is 42.4 Å². The molecule has 24 heavy (non-hydrogen) atoms. The monoisotopic (exact) mass is 334 g/mol. The molecule has 2 heterocycles. The number of amides is 1. The first-order chi connectivity index (χ1) is 11.5. The number of pyridine rings is 1. The van der Waals surface area contributed by atoms with Crippen LogP contribution in [0.15, 0.2) is 29.1 Å². The summed E-state index contributed by atoms with van der Waals surface area (Å²) in [5.41, 5.74) is -0.330. The quantitative estimate of drug-likeness (QED) is 0.783. The predicted octanol–water partition coefficient (Wildman–Crippen LogP) is 1.19. The molecule has 6 nitrogen and oxygen atoms in total. The zero-order valence-corrected chi connectivity index (χ0v) is 13.1. The number of carbonyl (C=O) groups is 1. The lowest BCUT2D eigenvalue weighted by Crippen LogP contribution is -2.43. The van der Waals surface area contributed by atoms with Crippen LogP contribution in [0.2, 0.25) is 0 Å². The van der Waals surface area contributed by atoms with Gasteiger partial charge in [0.15, 0.2) is 0 Å². The Balaban J connectivity index is 1.86. The highest BCUT2D eigenvalue weighted by Gasteiger charge is 2.32.